The van der Waals surface area contributed by atoms with Crippen LogP contribution in [0.4, 0.5) is 0 Å². The van der Waals surface area contributed by atoms with E-state index >= 15 is 0 Å². The van der Waals surface area contributed by atoms with Crippen LogP contribution in [0.3, 0.4) is 0 Å². The average molecular weight is 436 g/mol. The first-order chi connectivity index (χ1) is 16.2. The quantitative estimate of drug-likeness (QED) is 0.323. The molecule has 0 heterocycles. The normalized spacial score (nSPS) is 14.3. The predicted molar refractivity (Wildman–Crippen MR) is 135 cm³/mol. The molecule has 0 spiro atoms. The van der Waals surface area contributed by atoms with Crippen LogP contribution in [-0.4, -0.2) is 22.4 Å². The van der Waals surface area contributed by atoms with E-state index in [1.807, 2.05) is 103 Å². The van der Waals surface area contributed by atoms with Crippen LogP contribution in [0.1, 0.15) is 34.4 Å². The van der Waals surface area contributed by atoms with Crippen molar-refractivity contribution < 1.29 is 10.2 Å². The number of benzene rings is 4. The summed E-state index contributed by atoms with van der Waals surface area (Å²) in [5.41, 5.74) is 3.87. The van der Waals surface area contributed by atoms with Crippen molar-refractivity contribution >= 4 is 6.08 Å². The minimum Gasteiger partial charge on any atom is -0.387 e. The van der Waals surface area contributed by atoms with Gasteiger partial charge in [0.15, 0.2) is 0 Å². The molecule has 0 radical (unpaired) electrons. The van der Waals surface area contributed by atoms with E-state index < -0.39 is 18.2 Å². The Kier molecular flexibility index (Phi) is 7.83. The Morgan fingerprint density at radius 3 is 1.45 bits per heavy atom. The van der Waals surface area contributed by atoms with Crippen molar-refractivity contribution in [2.75, 3.05) is 0 Å². The third kappa shape index (κ3) is 6.05. The lowest BCUT2D eigenvalue weighted by atomic mass is 9.92. The van der Waals surface area contributed by atoms with Crippen molar-refractivity contribution in [3.05, 3.63) is 150 Å². The lowest BCUT2D eigenvalue weighted by molar-refractivity contribution is 0.0556. The molecule has 0 bridgehead atoms. The Morgan fingerprint density at radius 1 is 0.545 bits per heavy atom. The predicted octanol–water partition coefficient (Wildman–Crippen LogP) is 5.54. The first kappa shape index (κ1) is 22.7. The van der Waals surface area contributed by atoms with Crippen LogP contribution in [0.5, 0.6) is 0 Å². The number of rotatable bonds is 9. The van der Waals surface area contributed by atoms with Crippen molar-refractivity contribution in [1.82, 2.24) is 5.32 Å². The van der Waals surface area contributed by atoms with Crippen molar-refractivity contribution in [2.24, 2.45) is 0 Å². The van der Waals surface area contributed by atoms with Crippen LogP contribution in [-0.2, 0) is 0 Å². The third-order valence-corrected chi connectivity index (χ3v) is 5.76. The Morgan fingerprint density at radius 2 is 0.970 bits per heavy atom. The summed E-state index contributed by atoms with van der Waals surface area (Å²) in [7, 11) is 0. The van der Waals surface area contributed by atoms with Gasteiger partial charge in [-0.1, -0.05) is 133 Å². The van der Waals surface area contributed by atoms with Crippen LogP contribution < -0.4 is 5.32 Å². The molecule has 166 valence electrons. The molecule has 0 aliphatic heterocycles. The highest BCUT2D eigenvalue weighted by Gasteiger charge is 2.30. The summed E-state index contributed by atoms with van der Waals surface area (Å²) in [4.78, 5) is 0. The first-order valence-electron chi connectivity index (χ1n) is 11.2. The first-order valence-corrected chi connectivity index (χ1v) is 11.2. The van der Waals surface area contributed by atoms with E-state index in [-0.39, 0.29) is 6.04 Å². The van der Waals surface area contributed by atoms with Gasteiger partial charge in [0.25, 0.3) is 0 Å². The summed E-state index contributed by atoms with van der Waals surface area (Å²) in [6.45, 7) is 0. The molecule has 0 amide bonds. The molecule has 0 aliphatic carbocycles. The molecule has 0 fully saturated rings. The zero-order valence-corrected chi connectivity index (χ0v) is 18.4. The molecule has 0 unspecified atom stereocenters. The van der Waals surface area contributed by atoms with E-state index in [0.29, 0.717) is 0 Å². The van der Waals surface area contributed by atoms with Crippen molar-refractivity contribution in [3.8, 4) is 0 Å². The van der Waals surface area contributed by atoms with Crippen LogP contribution in [0.25, 0.3) is 6.08 Å². The molecule has 0 saturated heterocycles. The van der Waals surface area contributed by atoms with Gasteiger partial charge in [-0.3, -0.25) is 5.32 Å². The fourth-order valence-corrected chi connectivity index (χ4v) is 4.00. The molecule has 0 aromatic heterocycles. The van der Waals surface area contributed by atoms with Gasteiger partial charge in [0.1, 0.15) is 0 Å². The molecular formula is C30H29NO2. The van der Waals surface area contributed by atoms with E-state index in [4.69, 9.17) is 0 Å². The molecule has 0 saturated carbocycles. The monoisotopic (exact) mass is 435 g/mol. The van der Waals surface area contributed by atoms with Crippen molar-refractivity contribution in [3.63, 3.8) is 0 Å². The van der Waals surface area contributed by atoms with Crippen LogP contribution in [0.15, 0.2) is 127 Å². The van der Waals surface area contributed by atoms with Crippen molar-refractivity contribution in [2.45, 2.75) is 24.3 Å². The highest BCUT2D eigenvalue weighted by molar-refractivity contribution is 5.49. The van der Waals surface area contributed by atoms with Crippen LogP contribution in [0.2, 0.25) is 0 Å². The molecule has 0 aliphatic rings. The molecule has 4 aromatic carbocycles. The summed E-state index contributed by atoms with van der Waals surface area (Å²) in [6, 6.07) is 38.7. The second kappa shape index (κ2) is 11.4. The second-order valence-corrected chi connectivity index (χ2v) is 8.06. The number of aliphatic hydroxyl groups excluding tert-OH is 2. The van der Waals surface area contributed by atoms with Gasteiger partial charge in [-0.2, -0.15) is 0 Å². The molecule has 4 aromatic rings. The Labute approximate surface area is 195 Å². The van der Waals surface area contributed by atoms with E-state index in [9.17, 15) is 10.2 Å². The summed E-state index contributed by atoms with van der Waals surface area (Å²) in [5.74, 6) is 0. The van der Waals surface area contributed by atoms with Gasteiger partial charge in [0, 0.05) is 0 Å². The van der Waals surface area contributed by atoms with Gasteiger partial charge in [0.2, 0.25) is 0 Å². The van der Waals surface area contributed by atoms with E-state index in [2.05, 4.69) is 29.6 Å². The van der Waals surface area contributed by atoms with E-state index in [1.54, 1.807) is 6.08 Å². The average Bonchev–Trinajstić information content (AvgIpc) is 2.90. The minimum atomic E-state index is -0.921. The number of nitrogens with one attached hydrogen (secondary N) is 1. The second-order valence-electron chi connectivity index (χ2n) is 8.06. The summed E-state index contributed by atoms with van der Waals surface area (Å²) < 4.78 is 0. The molecule has 3 heteroatoms. The molecule has 3 atom stereocenters. The largest absolute Gasteiger partial charge is 0.387 e. The van der Waals surface area contributed by atoms with Gasteiger partial charge in [0.05, 0.1) is 24.3 Å². The van der Waals surface area contributed by atoms with E-state index in [1.165, 1.54) is 0 Å². The van der Waals surface area contributed by atoms with Gasteiger partial charge < -0.3 is 10.2 Å². The maximum Gasteiger partial charge on any atom is 0.0971 e. The summed E-state index contributed by atoms with van der Waals surface area (Å²) >= 11 is 0. The molecule has 33 heavy (non-hydrogen) atoms. The molecule has 4 rings (SSSR count). The zero-order valence-electron chi connectivity index (χ0n) is 18.4. The smallest absolute Gasteiger partial charge is 0.0971 e. The third-order valence-electron chi connectivity index (χ3n) is 5.76. The van der Waals surface area contributed by atoms with Gasteiger partial charge >= 0.3 is 0 Å². The SMILES string of the molecule is O[C@H](/C=C/c1ccccc1)[C@H](NC(c1ccccc1)c1ccccc1)[C@@H](O)c1ccccc1. The van der Waals surface area contributed by atoms with Crippen molar-refractivity contribution in [1.29, 1.82) is 0 Å². The van der Waals surface area contributed by atoms with Gasteiger partial charge in [-0.25, -0.2) is 0 Å². The van der Waals surface area contributed by atoms with Crippen LogP contribution in [0, 0.1) is 0 Å². The maximum absolute atomic E-state index is 11.3. The lowest BCUT2D eigenvalue weighted by Crippen LogP contribution is -2.45. The Hall–Kier alpha value is -3.50. The molecular weight excluding hydrogens is 406 g/mol. The lowest BCUT2D eigenvalue weighted by Gasteiger charge is -2.32. The minimum absolute atomic E-state index is 0.199. The number of aliphatic hydroxyl groups is 2. The molecule has 3 N–H and O–H groups in total. The molecule has 3 nitrogen and oxygen atoms in total. The fraction of sp³-hybridized carbons (Fsp3) is 0.133. The highest BCUT2D eigenvalue weighted by Crippen LogP contribution is 2.27. The van der Waals surface area contributed by atoms with Gasteiger partial charge in [-0.05, 0) is 22.3 Å². The fourth-order valence-electron chi connectivity index (χ4n) is 4.00. The highest BCUT2D eigenvalue weighted by atomic mass is 16.3. The number of hydrogen-bond donors (Lipinski definition) is 3. The topological polar surface area (TPSA) is 52.5 Å². The Bertz CT molecular complexity index is 1080. The maximum atomic E-state index is 11.3. The standard InChI is InChI=1S/C30H29NO2/c32-27(22-21-23-13-5-1-6-14-23)29(30(33)26-19-11-4-12-20-26)31-28(24-15-7-2-8-16-24)25-17-9-3-10-18-25/h1-22,27-33H/b22-21+/t27-,29+,30+/m1/s1. The zero-order chi connectivity index (χ0) is 22.9. The van der Waals surface area contributed by atoms with Gasteiger partial charge in [-0.15, -0.1) is 0 Å². The van der Waals surface area contributed by atoms with Crippen LogP contribution >= 0.6 is 0 Å². The summed E-state index contributed by atoms with van der Waals surface area (Å²) in [5, 5.41) is 26.1. The van der Waals surface area contributed by atoms with E-state index in [0.717, 1.165) is 22.3 Å². The summed E-state index contributed by atoms with van der Waals surface area (Å²) in [6.07, 6.45) is 1.80. The number of hydrogen-bond acceptors (Lipinski definition) is 3. The Balaban J connectivity index is 1.68.